The number of Topliss-reactive ketones (excluding diaryl/α,β-unsaturated/α-hetero) is 1. The molecule has 30 heavy (non-hydrogen) atoms. The summed E-state index contributed by atoms with van der Waals surface area (Å²) in [6.07, 6.45) is -6.72. The van der Waals surface area contributed by atoms with Crippen LogP contribution in [0.5, 0.6) is 0 Å². The Morgan fingerprint density at radius 1 is 1.07 bits per heavy atom. The zero-order valence-electron chi connectivity index (χ0n) is 15.3. The van der Waals surface area contributed by atoms with Crippen LogP contribution >= 0.6 is 23.2 Å². The van der Waals surface area contributed by atoms with E-state index in [-0.39, 0.29) is 26.7 Å². The van der Waals surface area contributed by atoms with Crippen molar-refractivity contribution in [2.24, 2.45) is 0 Å². The van der Waals surface area contributed by atoms with Gasteiger partial charge in [-0.1, -0.05) is 60.1 Å². The van der Waals surface area contributed by atoms with Gasteiger partial charge in [0.1, 0.15) is 0 Å². The minimum absolute atomic E-state index is 0.0370. The van der Waals surface area contributed by atoms with E-state index in [4.69, 9.17) is 23.2 Å². The van der Waals surface area contributed by atoms with E-state index in [2.05, 4.69) is 6.58 Å². The van der Waals surface area contributed by atoms with Gasteiger partial charge in [-0.3, -0.25) is 4.79 Å². The maximum atomic E-state index is 13.6. The lowest BCUT2D eigenvalue weighted by Gasteiger charge is -2.19. The topological polar surface area (TPSA) is 17.1 Å². The fourth-order valence-corrected chi connectivity index (χ4v) is 3.21. The molecule has 1 nitrogen and oxygen atoms in total. The van der Waals surface area contributed by atoms with Gasteiger partial charge >= 0.3 is 12.4 Å². The highest BCUT2D eigenvalue weighted by Gasteiger charge is 2.39. The summed E-state index contributed by atoms with van der Waals surface area (Å²) in [6.45, 7) is 4.44. The molecule has 0 heterocycles. The molecule has 0 amide bonds. The molecule has 0 N–H and O–H groups in total. The number of allylic oxidation sites excluding steroid dienone is 1. The Balaban J connectivity index is 2.55. The molecule has 0 aromatic heterocycles. The molecule has 0 bridgehead atoms. The number of alkyl halides is 6. The molecule has 0 aliphatic heterocycles. The van der Waals surface area contributed by atoms with Gasteiger partial charge in [-0.2, -0.15) is 26.3 Å². The van der Waals surface area contributed by atoms with Gasteiger partial charge in [-0.15, -0.1) is 0 Å². The van der Waals surface area contributed by atoms with E-state index in [0.29, 0.717) is 6.07 Å². The first-order valence-electron chi connectivity index (χ1n) is 8.34. The summed E-state index contributed by atoms with van der Waals surface area (Å²) in [4.78, 5) is 11.4. The lowest BCUT2D eigenvalue weighted by molar-refractivity contribution is -0.139. The molecule has 0 saturated heterocycles. The molecule has 0 radical (unpaired) electrons. The van der Waals surface area contributed by atoms with E-state index in [1.807, 2.05) is 0 Å². The molecular formula is C21H14Cl2F6O. The number of benzene rings is 2. The van der Waals surface area contributed by atoms with Crippen LogP contribution in [-0.4, -0.2) is 12.0 Å². The summed E-state index contributed by atoms with van der Waals surface area (Å²) in [5.74, 6) is -2.97. The lowest BCUT2D eigenvalue weighted by Crippen LogP contribution is -2.19. The lowest BCUT2D eigenvalue weighted by atomic mass is 9.94. The van der Waals surface area contributed by atoms with Gasteiger partial charge in [0.15, 0.2) is 5.78 Å². The Hall–Kier alpha value is -2.25. The maximum absolute atomic E-state index is 13.6. The fourth-order valence-electron chi connectivity index (χ4n) is 2.78. The number of hydrogen-bond acceptors (Lipinski definition) is 1. The van der Waals surface area contributed by atoms with Crippen molar-refractivity contribution in [3.63, 3.8) is 0 Å². The predicted octanol–water partition coefficient (Wildman–Crippen LogP) is 8.22. The number of carbonyl (C=O) groups excluding carboxylic acids is 1. The van der Waals surface area contributed by atoms with E-state index in [1.165, 1.54) is 6.08 Å². The Labute approximate surface area is 178 Å². The summed E-state index contributed by atoms with van der Waals surface area (Å²) in [7, 11) is 0. The van der Waals surface area contributed by atoms with Crippen LogP contribution in [-0.2, 0) is 6.18 Å². The number of hydrogen-bond donors (Lipinski definition) is 0. The zero-order chi connectivity index (χ0) is 22.9. The second-order valence-corrected chi connectivity index (χ2v) is 7.13. The van der Waals surface area contributed by atoms with Crippen molar-refractivity contribution in [2.45, 2.75) is 25.2 Å². The quantitative estimate of drug-likeness (QED) is 0.320. The van der Waals surface area contributed by atoms with Crippen molar-refractivity contribution < 1.29 is 31.1 Å². The van der Waals surface area contributed by atoms with Crippen molar-refractivity contribution in [1.29, 1.82) is 0 Å². The van der Waals surface area contributed by atoms with Crippen molar-refractivity contribution in [1.82, 2.24) is 0 Å². The van der Waals surface area contributed by atoms with Gasteiger partial charge < -0.3 is 0 Å². The monoisotopic (exact) mass is 466 g/mol. The summed E-state index contributed by atoms with van der Waals surface area (Å²) < 4.78 is 80.6. The van der Waals surface area contributed by atoms with Gasteiger partial charge in [0.2, 0.25) is 0 Å². The summed E-state index contributed by atoms with van der Waals surface area (Å²) in [5, 5.41) is -0.0770. The molecule has 0 aliphatic rings. The van der Waals surface area contributed by atoms with E-state index >= 15 is 0 Å². The minimum atomic E-state index is -4.84. The molecule has 2 rings (SSSR count). The first-order valence-corrected chi connectivity index (χ1v) is 9.09. The Morgan fingerprint density at radius 3 is 2.20 bits per heavy atom. The second kappa shape index (κ2) is 8.86. The maximum Gasteiger partial charge on any atom is 0.417 e. The van der Waals surface area contributed by atoms with Crippen LogP contribution in [0.1, 0.15) is 45.5 Å². The molecule has 0 spiro atoms. The van der Waals surface area contributed by atoms with Gasteiger partial charge in [0, 0.05) is 5.56 Å². The molecule has 2 aromatic carbocycles. The summed E-state index contributed by atoms with van der Waals surface area (Å²) >= 11 is 11.8. The Morgan fingerprint density at radius 2 is 1.70 bits per heavy atom. The second-order valence-electron chi connectivity index (χ2n) is 6.35. The molecular weight excluding hydrogens is 453 g/mol. The molecule has 0 saturated carbocycles. The van der Waals surface area contributed by atoms with Crippen LogP contribution in [0.4, 0.5) is 26.3 Å². The normalized spacial score (nSPS) is 13.5. The number of rotatable bonds is 5. The van der Waals surface area contributed by atoms with Crippen LogP contribution < -0.4 is 0 Å². The van der Waals surface area contributed by atoms with Gasteiger partial charge in [-0.05, 0) is 41.8 Å². The number of carbonyl (C=O) groups is 1. The molecule has 9 heteroatoms. The predicted molar refractivity (Wildman–Crippen MR) is 106 cm³/mol. The van der Waals surface area contributed by atoms with Crippen molar-refractivity contribution >= 4 is 41.1 Å². The van der Waals surface area contributed by atoms with Crippen molar-refractivity contribution in [3.05, 3.63) is 80.8 Å². The third-order valence-corrected chi connectivity index (χ3v) is 5.04. The first kappa shape index (κ1) is 24.0. The van der Waals surface area contributed by atoms with Crippen LogP contribution in [0.25, 0.3) is 12.2 Å². The number of halogens is 8. The number of ketones is 1. The summed E-state index contributed by atoms with van der Waals surface area (Å²) in [5.41, 5.74) is -1.99. The Bertz CT molecular complexity index is 1010. The van der Waals surface area contributed by atoms with Crippen LogP contribution in [0, 0.1) is 0 Å². The van der Waals surface area contributed by atoms with E-state index in [9.17, 15) is 31.1 Å². The highest BCUT2D eigenvalue weighted by Crippen LogP contribution is 2.40. The third-order valence-electron chi connectivity index (χ3n) is 4.22. The highest BCUT2D eigenvalue weighted by atomic mass is 35.5. The molecule has 1 atom stereocenters. The van der Waals surface area contributed by atoms with E-state index in [1.54, 1.807) is 0 Å². The SMILES string of the molecule is C=Cc1cc(C(/C=C/c2ccc(C(C)=O)c(C(F)(F)F)c2)C(F)(F)F)cc(Cl)c1Cl. The van der Waals surface area contributed by atoms with E-state index < -0.39 is 35.2 Å². The Kier molecular flexibility index (Phi) is 7.09. The smallest absolute Gasteiger partial charge is 0.294 e. The van der Waals surface area contributed by atoms with Crippen LogP contribution in [0.15, 0.2) is 43.0 Å². The van der Waals surface area contributed by atoms with Gasteiger partial charge in [0.25, 0.3) is 0 Å². The van der Waals surface area contributed by atoms with Crippen LogP contribution in [0.2, 0.25) is 10.0 Å². The molecule has 2 aromatic rings. The minimum Gasteiger partial charge on any atom is -0.294 e. The van der Waals surface area contributed by atoms with E-state index in [0.717, 1.165) is 43.3 Å². The van der Waals surface area contributed by atoms with Gasteiger partial charge in [-0.25, -0.2) is 0 Å². The summed E-state index contributed by atoms with van der Waals surface area (Å²) in [6, 6.07) is 4.90. The molecule has 0 aliphatic carbocycles. The molecule has 1 unspecified atom stereocenters. The van der Waals surface area contributed by atoms with Crippen molar-refractivity contribution in [3.8, 4) is 0 Å². The average Bonchev–Trinajstić information content (AvgIpc) is 2.62. The molecule has 160 valence electrons. The molecule has 0 fully saturated rings. The standard InChI is InChI=1S/C21H14Cl2F6O/c1-3-13-9-14(10-18(22)19(13)23)16(20(24,25)26)7-5-12-4-6-15(11(2)30)17(8-12)21(27,28)29/h3-10,16H,1H2,2H3/b7-5+. The third kappa shape index (κ3) is 5.46. The van der Waals surface area contributed by atoms with Crippen LogP contribution in [0.3, 0.4) is 0 Å². The largest absolute Gasteiger partial charge is 0.417 e. The van der Waals surface area contributed by atoms with Gasteiger partial charge in [0.05, 0.1) is 21.5 Å². The van der Waals surface area contributed by atoms with Crippen molar-refractivity contribution in [2.75, 3.05) is 0 Å². The zero-order valence-corrected chi connectivity index (χ0v) is 16.8. The fraction of sp³-hybridized carbons (Fsp3) is 0.190. The average molecular weight is 467 g/mol. The first-order chi connectivity index (χ1) is 13.8. The highest BCUT2D eigenvalue weighted by molar-refractivity contribution is 6.43.